The molecule has 5 nitrogen and oxygen atoms in total. The molecule has 0 saturated heterocycles. The van der Waals surface area contributed by atoms with Crippen LogP contribution in [0, 0.1) is 11.7 Å². The lowest BCUT2D eigenvalue weighted by molar-refractivity contribution is -0.119. The Morgan fingerprint density at radius 2 is 1.94 bits per heavy atom. The lowest BCUT2D eigenvalue weighted by atomic mass is 10.2. The molecule has 18 heavy (non-hydrogen) atoms. The number of rotatable bonds is 4. The summed E-state index contributed by atoms with van der Waals surface area (Å²) in [6, 6.07) is 3.72. The van der Waals surface area contributed by atoms with E-state index >= 15 is 0 Å². The molecule has 0 bridgehead atoms. The zero-order valence-corrected chi connectivity index (χ0v) is 10.3. The summed E-state index contributed by atoms with van der Waals surface area (Å²) in [6.45, 7) is 3.25. The number of benzene rings is 1. The van der Waals surface area contributed by atoms with E-state index in [0.29, 0.717) is 5.69 Å². The second kappa shape index (κ2) is 6.11. The number of carbonyl (C=O) groups excluding carboxylic acids is 2. The van der Waals surface area contributed by atoms with Crippen molar-refractivity contribution in [2.24, 2.45) is 11.7 Å². The number of hydrogen-bond donors (Lipinski definition) is 3. The zero-order valence-electron chi connectivity index (χ0n) is 10.3. The second-order valence-corrected chi connectivity index (χ2v) is 4.09. The van der Waals surface area contributed by atoms with E-state index in [2.05, 4.69) is 10.6 Å². The number of nitrogens with two attached hydrogens (primary N) is 1. The maximum Gasteiger partial charge on any atom is 0.238 e. The first-order valence-electron chi connectivity index (χ1n) is 5.54. The fourth-order valence-corrected chi connectivity index (χ4v) is 1.21. The van der Waals surface area contributed by atoms with Crippen molar-refractivity contribution < 1.29 is 14.0 Å². The van der Waals surface area contributed by atoms with Crippen molar-refractivity contribution in [2.75, 3.05) is 17.2 Å². The van der Waals surface area contributed by atoms with Gasteiger partial charge in [-0.25, -0.2) is 4.39 Å². The van der Waals surface area contributed by atoms with E-state index in [1.165, 1.54) is 12.1 Å². The molecular weight excluding hydrogens is 237 g/mol. The highest BCUT2D eigenvalue weighted by molar-refractivity contribution is 6.00. The third kappa shape index (κ3) is 3.81. The van der Waals surface area contributed by atoms with Crippen molar-refractivity contribution in [1.29, 1.82) is 0 Å². The third-order valence-electron chi connectivity index (χ3n) is 2.22. The van der Waals surface area contributed by atoms with Crippen molar-refractivity contribution in [1.82, 2.24) is 0 Å². The summed E-state index contributed by atoms with van der Waals surface area (Å²) in [4.78, 5) is 22.8. The molecule has 4 N–H and O–H groups in total. The largest absolute Gasteiger partial charge is 0.324 e. The van der Waals surface area contributed by atoms with Gasteiger partial charge in [0.25, 0.3) is 0 Å². The summed E-state index contributed by atoms with van der Waals surface area (Å²) in [6.07, 6.45) is 0. The average molecular weight is 253 g/mol. The molecule has 0 saturated carbocycles. The van der Waals surface area contributed by atoms with Gasteiger partial charge in [0.15, 0.2) is 0 Å². The highest BCUT2D eigenvalue weighted by Gasteiger charge is 2.12. The molecule has 0 fully saturated rings. The Kier molecular flexibility index (Phi) is 4.79. The van der Waals surface area contributed by atoms with Crippen LogP contribution in [0.5, 0.6) is 0 Å². The van der Waals surface area contributed by atoms with Crippen LogP contribution in [0.25, 0.3) is 0 Å². The predicted octanol–water partition coefficient (Wildman–Crippen LogP) is 1.32. The third-order valence-corrected chi connectivity index (χ3v) is 2.22. The Labute approximate surface area is 105 Å². The maximum absolute atomic E-state index is 13.1. The van der Waals surface area contributed by atoms with Gasteiger partial charge in [0.1, 0.15) is 5.82 Å². The smallest absolute Gasteiger partial charge is 0.238 e. The van der Waals surface area contributed by atoms with E-state index < -0.39 is 11.7 Å². The van der Waals surface area contributed by atoms with Crippen LogP contribution in [0.1, 0.15) is 13.8 Å². The minimum absolute atomic E-state index is 0.194. The molecular formula is C12H16FN3O2. The fraction of sp³-hybridized carbons (Fsp3) is 0.333. The van der Waals surface area contributed by atoms with E-state index in [0.717, 1.165) is 6.07 Å². The zero-order chi connectivity index (χ0) is 13.7. The SMILES string of the molecule is CC(C)C(=O)Nc1ccc(F)cc1NC(=O)CN. The summed E-state index contributed by atoms with van der Waals surface area (Å²) in [7, 11) is 0. The predicted molar refractivity (Wildman–Crippen MR) is 67.6 cm³/mol. The Morgan fingerprint density at radius 3 is 2.50 bits per heavy atom. The first-order chi connectivity index (χ1) is 8.43. The fourth-order valence-electron chi connectivity index (χ4n) is 1.21. The lowest BCUT2D eigenvalue weighted by Crippen LogP contribution is -2.24. The first kappa shape index (κ1) is 14.1. The molecule has 0 aliphatic heterocycles. The van der Waals surface area contributed by atoms with E-state index in [1.54, 1.807) is 13.8 Å². The summed E-state index contributed by atoms with van der Waals surface area (Å²) in [5.74, 6) is -1.40. The van der Waals surface area contributed by atoms with Crippen LogP contribution in [0.3, 0.4) is 0 Å². The van der Waals surface area contributed by atoms with Crippen LogP contribution >= 0.6 is 0 Å². The molecule has 0 aliphatic rings. The van der Waals surface area contributed by atoms with Gasteiger partial charge < -0.3 is 16.4 Å². The Balaban J connectivity index is 2.96. The second-order valence-electron chi connectivity index (χ2n) is 4.09. The van der Waals surface area contributed by atoms with E-state index in [-0.39, 0.29) is 24.1 Å². The van der Waals surface area contributed by atoms with Crippen molar-refractivity contribution in [2.45, 2.75) is 13.8 Å². The molecule has 0 spiro atoms. The molecule has 0 unspecified atom stereocenters. The minimum atomic E-state index is -0.509. The topological polar surface area (TPSA) is 84.2 Å². The molecule has 2 amide bonds. The van der Waals surface area contributed by atoms with Crippen molar-refractivity contribution in [3.8, 4) is 0 Å². The number of carbonyl (C=O) groups is 2. The van der Waals surface area contributed by atoms with Crippen LogP contribution in [-0.4, -0.2) is 18.4 Å². The van der Waals surface area contributed by atoms with Crippen LogP contribution in [0.4, 0.5) is 15.8 Å². The molecule has 6 heteroatoms. The van der Waals surface area contributed by atoms with Crippen LogP contribution in [0.15, 0.2) is 18.2 Å². The molecule has 0 radical (unpaired) electrons. The van der Waals surface area contributed by atoms with Gasteiger partial charge in [-0.05, 0) is 18.2 Å². The van der Waals surface area contributed by atoms with Gasteiger partial charge in [-0.2, -0.15) is 0 Å². The lowest BCUT2D eigenvalue weighted by Gasteiger charge is -2.13. The van der Waals surface area contributed by atoms with Gasteiger partial charge in [0.2, 0.25) is 11.8 Å². The number of halogens is 1. The van der Waals surface area contributed by atoms with Crippen LogP contribution in [-0.2, 0) is 9.59 Å². The van der Waals surface area contributed by atoms with E-state index in [1.807, 2.05) is 0 Å². The molecule has 98 valence electrons. The molecule has 1 aromatic rings. The van der Waals surface area contributed by atoms with Gasteiger partial charge in [-0.1, -0.05) is 13.8 Å². The van der Waals surface area contributed by atoms with Gasteiger partial charge in [-0.15, -0.1) is 0 Å². The summed E-state index contributed by atoms with van der Waals surface area (Å²) < 4.78 is 13.1. The Bertz CT molecular complexity index is 461. The van der Waals surface area contributed by atoms with Crippen molar-refractivity contribution >= 4 is 23.2 Å². The van der Waals surface area contributed by atoms with Crippen molar-refractivity contribution in [3.63, 3.8) is 0 Å². The van der Waals surface area contributed by atoms with Crippen molar-refractivity contribution in [3.05, 3.63) is 24.0 Å². The molecule has 0 heterocycles. The average Bonchev–Trinajstić information content (AvgIpc) is 2.32. The van der Waals surface area contributed by atoms with Gasteiger partial charge in [0, 0.05) is 5.92 Å². The standard InChI is InChI=1S/C12H16FN3O2/c1-7(2)12(18)16-9-4-3-8(13)5-10(9)15-11(17)6-14/h3-5,7H,6,14H2,1-2H3,(H,15,17)(H,16,18). The maximum atomic E-state index is 13.1. The number of hydrogen-bond acceptors (Lipinski definition) is 3. The monoisotopic (exact) mass is 253 g/mol. The number of amides is 2. The van der Waals surface area contributed by atoms with Crippen LogP contribution in [0.2, 0.25) is 0 Å². The van der Waals surface area contributed by atoms with E-state index in [9.17, 15) is 14.0 Å². The molecule has 0 atom stereocenters. The molecule has 1 rings (SSSR count). The highest BCUT2D eigenvalue weighted by atomic mass is 19.1. The van der Waals surface area contributed by atoms with Gasteiger partial charge in [0.05, 0.1) is 17.9 Å². The summed E-state index contributed by atoms with van der Waals surface area (Å²) in [5, 5.41) is 5.03. The molecule has 1 aromatic carbocycles. The number of anilines is 2. The van der Waals surface area contributed by atoms with Gasteiger partial charge in [-0.3, -0.25) is 9.59 Å². The van der Waals surface area contributed by atoms with Gasteiger partial charge >= 0.3 is 0 Å². The quantitative estimate of drug-likeness (QED) is 0.756. The summed E-state index contributed by atoms with van der Waals surface area (Å²) in [5.41, 5.74) is 5.70. The van der Waals surface area contributed by atoms with E-state index in [4.69, 9.17) is 5.73 Å². The number of nitrogens with one attached hydrogen (secondary N) is 2. The Morgan fingerprint density at radius 1 is 1.28 bits per heavy atom. The first-order valence-corrected chi connectivity index (χ1v) is 5.54. The highest BCUT2D eigenvalue weighted by Crippen LogP contribution is 2.23. The summed E-state index contributed by atoms with van der Waals surface area (Å²) >= 11 is 0. The molecule has 0 aliphatic carbocycles. The minimum Gasteiger partial charge on any atom is -0.324 e. The van der Waals surface area contributed by atoms with Crippen LogP contribution < -0.4 is 16.4 Å². The normalized spacial score (nSPS) is 10.3. The Hall–Kier alpha value is -1.95. The molecule has 0 aromatic heterocycles.